The number of aliphatic hydroxyl groups excluding tert-OH is 1. The summed E-state index contributed by atoms with van der Waals surface area (Å²) >= 11 is 0. The smallest absolute Gasteiger partial charge is 0.462 e. The molecule has 0 bridgehead atoms. The Balaban J connectivity index is 1.97. The van der Waals surface area contributed by atoms with E-state index in [1.165, 1.54) is 39.0 Å². The Morgan fingerprint density at radius 3 is 2.49 bits per heavy atom. The molecule has 6 atom stereocenters. The van der Waals surface area contributed by atoms with Crippen molar-refractivity contribution in [3.8, 4) is 5.75 Å². The number of halogens is 1. The third-order valence-electron chi connectivity index (χ3n) is 5.83. The number of para-hydroxylation sites is 1. The van der Waals surface area contributed by atoms with Crippen molar-refractivity contribution in [2.24, 2.45) is 0 Å². The Bertz CT molecular complexity index is 1230. The van der Waals surface area contributed by atoms with E-state index in [0.717, 1.165) is 22.4 Å². The van der Waals surface area contributed by atoms with Crippen molar-refractivity contribution in [2.45, 2.75) is 63.6 Å². The zero-order valence-electron chi connectivity index (χ0n) is 20.6. The summed E-state index contributed by atoms with van der Waals surface area (Å²) in [5, 5.41) is 31.1. The number of nitrogen functional groups attached to an aromatic ring is 1. The van der Waals surface area contributed by atoms with E-state index in [1.807, 2.05) is 0 Å². The SMILES string of the molecule is CC(C)N([C@@H](C)C(=O)O)[P@@](=O)(OC[C@@]1(F)O[C@@H](n2ccc(N)nc2=O)[C@](C)(O)[C@@H]1O)Oc1ccccc1. The van der Waals surface area contributed by atoms with E-state index < -0.39 is 61.9 Å². The van der Waals surface area contributed by atoms with Gasteiger partial charge in [-0.05, 0) is 45.9 Å². The quantitative estimate of drug-likeness (QED) is 0.316. The van der Waals surface area contributed by atoms with Crippen LogP contribution in [0.1, 0.15) is 33.9 Å². The van der Waals surface area contributed by atoms with Gasteiger partial charge in [-0.2, -0.15) is 9.65 Å². The molecular weight excluding hydrogens is 514 g/mol. The Morgan fingerprint density at radius 1 is 1.32 bits per heavy atom. The molecule has 5 N–H and O–H groups in total. The minimum atomic E-state index is -4.65. The number of hydrogen-bond donors (Lipinski definition) is 4. The monoisotopic (exact) mass is 544 g/mol. The Kier molecular flexibility index (Phi) is 8.13. The van der Waals surface area contributed by atoms with Crippen LogP contribution < -0.4 is 15.9 Å². The molecule has 1 aromatic heterocycles. The molecule has 204 valence electrons. The van der Waals surface area contributed by atoms with Gasteiger partial charge in [0.25, 0.3) is 5.85 Å². The number of nitrogens with zero attached hydrogens (tertiary/aromatic N) is 3. The number of alkyl halides is 1. The van der Waals surface area contributed by atoms with E-state index in [4.69, 9.17) is 19.5 Å². The first-order chi connectivity index (χ1) is 17.1. The highest BCUT2D eigenvalue weighted by molar-refractivity contribution is 7.51. The average Bonchev–Trinajstić information content (AvgIpc) is 2.98. The molecule has 1 aliphatic heterocycles. The van der Waals surface area contributed by atoms with Crippen molar-refractivity contribution in [1.29, 1.82) is 0 Å². The minimum Gasteiger partial charge on any atom is -0.480 e. The topological polar surface area (TPSA) is 187 Å². The van der Waals surface area contributed by atoms with E-state index in [9.17, 15) is 29.5 Å². The summed E-state index contributed by atoms with van der Waals surface area (Å²) in [6.45, 7) is 4.09. The van der Waals surface area contributed by atoms with Crippen LogP contribution in [0.25, 0.3) is 0 Å². The number of ether oxygens (including phenoxy) is 1. The normalized spacial score (nSPS) is 28.2. The van der Waals surface area contributed by atoms with Crippen molar-refractivity contribution >= 4 is 19.5 Å². The Morgan fingerprint density at radius 2 is 1.95 bits per heavy atom. The second-order valence-electron chi connectivity index (χ2n) is 9.06. The van der Waals surface area contributed by atoms with Crippen LogP contribution in [0.5, 0.6) is 5.75 Å². The number of aliphatic carboxylic acids is 1. The lowest BCUT2D eigenvalue weighted by Gasteiger charge is -2.36. The van der Waals surface area contributed by atoms with Crippen LogP contribution in [0.4, 0.5) is 10.2 Å². The number of carboxylic acid groups (broad SMARTS) is 1. The fraction of sp³-hybridized carbons (Fsp3) is 0.500. The summed E-state index contributed by atoms with van der Waals surface area (Å²) in [6.07, 6.45) is -2.98. The lowest BCUT2D eigenvalue weighted by molar-refractivity contribution is -0.204. The molecule has 0 unspecified atom stereocenters. The zero-order valence-corrected chi connectivity index (χ0v) is 21.5. The third kappa shape index (κ3) is 5.69. The maximum atomic E-state index is 16.0. The van der Waals surface area contributed by atoms with E-state index in [2.05, 4.69) is 4.98 Å². The zero-order chi connectivity index (χ0) is 27.8. The van der Waals surface area contributed by atoms with Gasteiger partial charge in [0.05, 0.1) is 0 Å². The molecule has 1 aliphatic rings. The number of carbonyl (C=O) groups is 1. The first-order valence-corrected chi connectivity index (χ1v) is 12.7. The Hall–Kier alpha value is -2.87. The third-order valence-corrected chi connectivity index (χ3v) is 8.10. The molecule has 3 rings (SSSR count). The summed E-state index contributed by atoms with van der Waals surface area (Å²) in [5.41, 5.74) is 2.11. The number of carboxylic acids is 1. The van der Waals surface area contributed by atoms with E-state index in [0.29, 0.717) is 0 Å². The van der Waals surface area contributed by atoms with Crippen molar-refractivity contribution in [1.82, 2.24) is 14.2 Å². The lowest BCUT2D eigenvalue weighted by atomic mass is 9.95. The fourth-order valence-corrected chi connectivity index (χ4v) is 6.07. The van der Waals surface area contributed by atoms with Crippen LogP contribution >= 0.6 is 7.75 Å². The molecule has 0 radical (unpaired) electrons. The van der Waals surface area contributed by atoms with Crippen molar-refractivity contribution in [3.05, 3.63) is 53.1 Å². The van der Waals surface area contributed by atoms with Crippen LogP contribution in [-0.2, 0) is 18.6 Å². The van der Waals surface area contributed by atoms with Crippen molar-refractivity contribution in [3.63, 3.8) is 0 Å². The van der Waals surface area contributed by atoms with Gasteiger partial charge in [-0.15, -0.1) is 0 Å². The van der Waals surface area contributed by atoms with Gasteiger partial charge in [0.2, 0.25) is 0 Å². The summed E-state index contributed by atoms with van der Waals surface area (Å²) < 4.78 is 48.0. The molecule has 0 amide bonds. The average molecular weight is 544 g/mol. The number of aromatic nitrogens is 2. The standard InChI is InChI=1S/C22H30FN4O9P/c1-13(2)27(14(3)17(28)29)37(33,36-15-8-6-5-7-9-15)34-12-22(23)18(30)21(4,32)19(35-22)26-11-10-16(24)25-20(26)31/h5-11,13-14,18-19,30,32H,12H2,1-4H3,(H,28,29)(H2,24,25,31)/t14-,18-,19+,21+,22+,37+/m0/s1. The van der Waals surface area contributed by atoms with Gasteiger partial charge in [0, 0.05) is 12.2 Å². The summed E-state index contributed by atoms with van der Waals surface area (Å²) in [4.78, 5) is 27.5. The number of nitrogens with two attached hydrogens (primary N) is 1. The van der Waals surface area contributed by atoms with Gasteiger partial charge in [0.1, 0.15) is 35.9 Å². The highest BCUT2D eigenvalue weighted by Crippen LogP contribution is 2.56. The molecular formula is C22H30FN4O9P. The molecule has 37 heavy (non-hydrogen) atoms. The molecule has 0 saturated carbocycles. The first kappa shape index (κ1) is 28.7. The number of benzene rings is 1. The molecule has 2 aromatic rings. The molecule has 0 spiro atoms. The molecule has 1 aromatic carbocycles. The van der Waals surface area contributed by atoms with Crippen LogP contribution in [-0.4, -0.2) is 71.8 Å². The van der Waals surface area contributed by atoms with Crippen LogP contribution in [0.15, 0.2) is 47.4 Å². The van der Waals surface area contributed by atoms with Gasteiger partial charge in [-0.3, -0.25) is 13.9 Å². The fourth-order valence-electron chi connectivity index (χ4n) is 3.98. The molecule has 0 aliphatic carbocycles. The van der Waals surface area contributed by atoms with Crippen LogP contribution in [0.3, 0.4) is 0 Å². The lowest BCUT2D eigenvalue weighted by Crippen LogP contribution is -2.50. The van der Waals surface area contributed by atoms with Gasteiger partial charge >= 0.3 is 19.4 Å². The predicted octanol–water partition coefficient (Wildman–Crippen LogP) is 1.52. The van der Waals surface area contributed by atoms with E-state index in [-0.39, 0.29) is 11.6 Å². The van der Waals surface area contributed by atoms with E-state index in [1.54, 1.807) is 18.2 Å². The highest BCUT2D eigenvalue weighted by atomic mass is 31.2. The minimum absolute atomic E-state index is 0.0410. The number of anilines is 1. The molecule has 15 heteroatoms. The van der Waals surface area contributed by atoms with Crippen LogP contribution in [0.2, 0.25) is 0 Å². The number of aliphatic hydroxyl groups is 2. The molecule has 1 fully saturated rings. The summed E-state index contributed by atoms with van der Waals surface area (Å²) in [7, 11) is -4.65. The van der Waals surface area contributed by atoms with Crippen molar-refractivity contribution < 1.29 is 42.9 Å². The van der Waals surface area contributed by atoms with Gasteiger partial charge < -0.3 is 30.3 Å². The van der Waals surface area contributed by atoms with E-state index >= 15 is 4.39 Å². The summed E-state index contributed by atoms with van der Waals surface area (Å²) in [6, 6.07) is 6.77. The van der Waals surface area contributed by atoms with Crippen molar-refractivity contribution in [2.75, 3.05) is 12.3 Å². The van der Waals surface area contributed by atoms with Gasteiger partial charge in [0.15, 0.2) is 6.23 Å². The predicted molar refractivity (Wildman–Crippen MR) is 128 cm³/mol. The Labute approximate surface area is 211 Å². The number of hydrogen-bond acceptors (Lipinski definition) is 10. The second kappa shape index (κ2) is 10.5. The molecule has 1 saturated heterocycles. The van der Waals surface area contributed by atoms with Gasteiger partial charge in [-0.25, -0.2) is 13.8 Å². The van der Waals surface area contributed by atoms with Crippen LogP contribution in [0, 0.1) is 0 Å². The molecule has 13 nitrogen and oxygen atoms in total. The number of rotatable bonds is 10. The largest absolute Gasteiger partial charge is 0.480 e. The first-order valence-electron chi connectivity index (χ1n) is 11.2. The maximum Gasteiger partial charge on any atom is 0.462 e. The molecule has 2 heterocycles. The highest BCUT2D eigenvalue weighted by Gasteiger charge is 2.64. The second-order valence-corrected chi connectivity index (χ2v) is 10.9. The maximum absolute atomic E-state index is 16.0. The summed E-state index contributed by atoms with van der Waals surface area (Å²) in [5.74, 6) is -4.65. The van der Waals surface area contributed by atoms with Gasteiger partial charge in [-0.1, -0.05) is 18.2 Å².